The number of nitrogens with zero attached hydrogens (tertiary/aromatic N) is 2. The third-order valence-electron chi connectivity index (χ3n) is 2.40. The molecule has 0 radical (unpaired) electrons. The summed E-state index contributed by atoms with van der Waals surface area (Å²) in [7, 11) is 0. The van der Waals surface area contributed by atoms with Crippen LogP contribution in [-0.2, 0) is 0 Å². The van der Waals surface area contributed by atoms with Crippen LogP contribution in [0.3, 0.4) is 0 Å². The zero-order chi connectivity index (χ0) is 10.3. The van der Waals surface area contributed by atoms with E-state index in [-0.39, 0.29) is 0 Å². The lowest BCUT2D eigenvalue weighted by atomic mass is 10.3. The van der Waals surface area contributed by atoms with Crippen molar-refractivity contribution < 1.29 is 4.79 Å². The first-order chi connectivity index (χ1) is 6.63. The molecule has 2 aromatic rings. The second kappa shape index (κ2) is 2.94. The molecule has 0 aliphatic carbocycles. The summed E-state index contributed by atoms with van der Waals surface area (Å²) < 4.78 is 1.88. The molecule has 2 rings (SSSR count). The molecule has 0 N–H and O–H groups in total. The second-order valence-corrected chi connectivity index (χ2v) is 3.54. The van der Waals surface area contributed by atoms with Gasteiger partial charge in [0.15, 0.2) is 6.29 Å². The fourth-order valence-electron chi connectivity index (χ4n) is 1.84. The van der Waals surface area contributed by atoms with E-state index in [1.165, 1.54) is 0 Å². The van der Waals surface area contributed by atoms with Gasteiger partial charge in [-0.15, -0.1) is 0 Å². The number of hydrogen-bond donors (Lipinski definition) is 0. The maximum absolute atomic E-state index is 10.9. The Kier molecular flexibility index (Phi) is 1.88. The molecule has 2 aromatic heterocycles. The van der Waals surface area contributed by atoms with Gasteiger partial charge in [0.25, 0.3) is 0 Å². The second-order valence-electron chi connectivity index (χ2n) is 3.54. The van der Waals surface area contributed by atoms with Gasteiger partial charge in [-0.2, -0.15) is 0 Å². The molecule has 0 amide bonds. The number of aldehydes is 1. The Morgan fingerprint density at radius 3 is 2.64 bits per heavy atom. The van der Waals surface area contributed by atoms with Crippen molar-refractivity contribution in [3.8, 4) is 0 Å². The first kappa shape index (κ1) is 8.94. The summed E-state index contributed by atoms with van der Waals surface area (Å²) in [5, 5.41) is 0. The molecular formula is C11H12N2O. The molecule has 0 aromatic carbocycles. The molecule has 2 heterocycles. The van der Waals surface area contributed by atoms with Crippen molar-refractivity contribution >= 4 is 11.8 Å². The van der Waals surface area contributed by atoms with Crippen LogP contribution in [0, 0.1) is 20.8 Å². The Morgan fingerprint density at radius 1 is 1.29 bits per heavy atom. The number of carbonyl (C=O) groups excluding carboxylic acids is 1. The van der Waals surface area contributed by atoms with Gasteiger partial charge in [-0.3, -0.25) is 9.20 Å². The van der Waals surface area contributed by atoms with E-state index in [0.717, 1.165) is 28.9 Å². The minimum atomic E-state index is 0.699. The molecular weight excluding hydrogens is 176 g/mol. The average molecular weight is 188 g/mol. The number of rotatable bonds is 1. The van der Waals surface area contributed by atoms with Gasteiger partial charge in [0.1, 0.15) is 5.82 Å². The van der Waals surface area contributed by atoms with Crippen molar-refractivity contribution in [2.24, 2.45) is 0 Å². The van der Waals surface area contributed by atoms with E-state index in [0.29, 0.717) is 5.69 Å². The van der Waals surface area contributed by atoms with Crippen LogP contribution >= 0.6 is 0 Å². The molecule has 0 aliphatic rings. The van der Waals surface area contributed by atoms with E-state index in [1.54, 1.807) is 0 Å². The lowest BCUT2D eigenvalue weighted by Gasteiger charge is -2.03. The summed E-state index contributed by atoms with van der Waals surface area (Å²) in [6, 6.07) is 3.98. The Morgan fingerprint density at radius 2 is 2.00 bits per heavy atom. The summed E-state index contributed by atoms with van der Waals surface area (Å²) in [4.78, 5) is 15.2. The summed E-state index contributed by atoms with van der Waals surface area (Å²) in [6.45, 7) is 5.80. The van der Waals surface area contributed by atoms with Crippen LogP contribution in [0.15, 0.2) is 12.1 Å². The van der Waals surface area contributed by atoms with Crippen molar-refractivity contribution in [1.82, 2.24) is 9.38 Å². The van der Waals surface area contributed by atoms with Crippen LogP contribution in [0.25, 0.3) is 5.52 Å². The lowest BCUT2D eigenvalue weighted by Crippen LogP contribution is -2.00. The van der Waals surface area contributed by atoms with Gasteiger partial charge in [-0.05, 0) is 38.5 Å². The number of aryl methyl sites for hydroxylation is 3. The Balaban J connectivity index is 2.95. The smallest absolute Gasteiger partial charge is 0.167 e. The summed E-state index contributed by atoms with van der Waals surface area (Å²) >= 11 is 0. The highest BCUT2D eigenvalue weighted by atomic mass is 16.1. The van der Waals surface area contributed by atoms with E-state index in [1.807, 2.05) is 37.3 Å². The zero-order valence-electron chi connectivity index (χ0n) is 8.53. The molecule has 0 aliphatic heterocycles. The molecule has 0 unspecified atom stereocenters. The summed E-state index contributed by atoms with van der Waals surface area (Å²) in [5.41, 5.74) is 3.71. The molecule has 72 valence electrons. The molecule has 0 saturated carbocycles. The molecule has 0 fully saturated rings. The molecule has 3 nitrogen and oxygen atoms in total. The van der Waals surface area contributed by atoms with Crippen LogP contribution in [0.1, 0.15) is 27.6 Å². The molecule has 0 saturated heterocycles. The Bertz CT molecular complexity index is 511. The van der Waals surface area contributed by atoms with Crippen molar-refractivity contribution in [3.05, 3.63) is 34.9 Å². The molecule has 0 spiro atoms. The molecule has 3 heteroatoms. The van der Waals surface area contributed by atoms with Crippen LogP contribution in [0.2, 0.25) is 0 Å². The minimum Gasteiger partial charge on any atom is -0.296 e. The van der Waals surface area contributed by atoms with Gasteiger partial charge < -0.3 is 0 Å². The first-order valence-electron chi connectivity index (χ1n) is 4.55. The van der Waals surface area contributed by atoms with E-state index in [4.69, 9.17) is 0 Å². The maximum Gasteiger partial charge on any atom is 0.167 e. The lowest BCUT2D eigenvalue weighted by molar-refractivity contribution is 0.111. The first-order valence-corrected chi connectivity index (χ1v) is 4.55. The van der Waals surface area contributed by atoms with Crippen molar-refractivity contribution in [3.63, 3.8) is 0 Å². The van der Waals surface area contributed by atoms with Crippen molar-refractivity contribution in [1.29, 1.82) is 0 Å². The topological polar surface area (TPSA) is 34.4 Å². The van der Waals surface area contributed by atoms with Gasteiger partial charge in [-0.1, -0.05) is 0 Å². The van der Waals surface area contributed by atoms with Crippen LogP contribution < -0.4 is 0 Å². The Labute approximate surface area is 82.4 Å². The highest BCUT2D eigenvalue weighted by Crippen LogP contribution is 2.16. The summed E-state index contributed by atoms with van der Waals surface area (Å²) in [5.74, 6) is 0.857. The average Bonchev–Trinajstić information content (AvgIpc) is 2.40. The fourth-order valence-corrected chi connectivity index (χ4v) is 1.84. The van der Waals surface area contributed by atoms with Crippen molar-refractivity contribution in [2.75, 3.05) is 0 Å². The van der Waals surface area contributed by atoms with Crippen LogP contribution in [0.5, 0.6) is 0 Å². The SMILES string of the molecule is Cc1cc2cc(C)c(C=O)n2c(C)n1. The van der Waals surface area contributed by atoms with E-state index < -0.39 is 0 Å². The fraction of sp³-hybridized carbons (Fsp3) is 0.273. The third-order valence-corrected chi connectivity index (χ3v) is 2.40. The van der Waals surface area contributed by atoms with E-state index in [2.05, 4.69) is 4.98 Å². The van der Waals surface area contributed by atoms with Gasteiger partial charge >= 0.3 is 0 Å². The normalized spacial score (nSPS) is 10.8. The highest BCUT2D eigenvalue weighted by Gasteiger charge is 2.08. The maximum atomic E-state index is 10.9. The van der Waals surface area contributed by atoms with Crippen LogP contribution in [-0.4, -0.2) is 15.7 Å². The van der Waals surface area contributed by atoms with Gasteiger partial charge in [0.2, 0.25) is 0 Å². The minimum absolute atomic E-state index is 0.699. The highest BCUT2D eigenvalue weighted by molar-refractivity contribution is 5.78. The predicted molar refractivity (Wildman–Crippen MR) is 54.8 cm³/mol. The molecule has 0 atom stereocenters. The van der Waals surface area contributed by atoms with E-state index >= 15 is 0 Å². The molecule has 14 heavy (non-hydrogen) atoms. The van der Waals surface area contributed by atoms with Gasteiger partial charge in [0.05, 0.1) is 5.69 Å². The number of fused-ring (bicyclic) bond motifs is 1. The van der Waals surface area contributed by atoms with Crippen LogP contribution in [0.4, 0.5) is 0 Å². The third kappa shape index (κ3) is 1.13. The summed E-state index contributed by atoms with van der Waals surface area (Å²) in [6.07, 6.45) is 0.881. The quantitative estimate of drug-likeness (QED) is 0.642. The number of hydrogen-bond acceptors (Lipinski definition) is 2. The Hall–Kier alpha value is -1.64. The van der Waals surface area contributed by atoms with Gasteiger partial charge in [-0.25, -0.2) is 4.98 Å². The standard InChI is InChI=1S/C11H12N2O/c1-7-4-10-5-8(2)12-9(3)13(10)11(7)6-14/h4-6H,1-3H3. The van der Waals surface area contributed by atoms with Gasteiger partial charge in [0, 0.05) is 11.2 Å². The molecule has 0 bridgehead atoms. The van der Waals surface area contributed by atoms with E-state index in [9.17, 15) is 4.79 Å². The number of carbonyl (C=O) groups is 1. The zero-order valence-corrected chi connectivity index (χ0v) is 8.53. The monoisotopic (exact) mass is 188 g/mol. The largest absolute Gasteiger partial charge is 0.296 e. The van der Waals surface area contributed by atoms with Crippen molar-refractivity contribution in [2.45, 2.75) is 20.8 Å². The number of aromatic nitrogens is 2. The predicted octanol–water partition coefficient (Wildman–Crippen LogP) is 2.07.